The molecule has 19 heavy (non-hydrogen) atoms. The number of carbonyl (C=O) groups is 1. The van der Waals surface area contributed by atoms with Crippen LogP contribution in [0.1, 0.15) is 19.8 Å². The number of aliphatic carboxylic acids is 1. The monoisotopic (exact) mass is 271 g/mol. The Hall–Kier alpha value is -1.85. The maximum Gasteiger partial charge on any atom is 0.309 e. The Kier molecular flexibility index (Phi) is 9.12. The summed E-state index contributed by atoms with van der Waals surface area (Å²) in [4.78, 5) is 37.4. The number of carboxylic acid groups (broad SMARTS) is 1. The van der Waals surface area contributed by atoms with Crippen molar-refractivity contribution in [2.24, 2.45) is 15.4 Å². The average Bonchev–Trinajstić information content (AvgIpc) is 2.38. The minimum Gasteiger partial charge on any atom is -0.481 e. The van der Waals surface area contributed by atoms with E-state index in [0.29, 0.717) is 13.0 Å². The molecule has 0 aliphatic rings. The fourth-order valence-electron chi connectivity index (χ4n) is 1.31. The maximum atomic E-state index is 11.2. The maximum absolute atomic E-state index is 11.2. The molecule has 0 amide bonds. The summed E-state index contributed by atoms with van der Waals surface area (Å²) in [5.74, 6) is -0.943. The fraction of sp³-hybridized carbons (Fsp3) is 0.727. The van der Waals surface area contributed by atoms with Crippen LogP contribution in [0, 0.1) is 5.41 Å². The fourth-order valence-corrected chi connectivity index (χ4v) is 1.31. The molecule has 0 saturated heterocycles. The second-order valence-corrected chi connectivity index (χ2v) is 4.07. The van der Waals surface area contributed by atoms with Crippen LogP contribution in [0.25, 0.3) is 0 Å². The van der Waals surface area contributed by atoms with E-state index in [1.807, 2.05) is 0 Å². The van der Waals surface area contributed by atoms with Crippen molar-refractivity contribution in [3.05, 3.63) is 0 Å². The quantitative estimate of drug-likeness (QED) is 0.237. The van der Waals surface area contributed by atoms with Gasteiger partial charge in [0, 0.05) is 0 Å². The summed E-state index contributed by atoms with van der Waals surface area (Å²) in [5.41, 5.74) is -0.964. The van der Waals surface area contributed by atoms with Crippen LogP contribution in [-0.4, -0.2) is 49.8 Å². The molecule has 0 fully saturated rings. The van der Waals surface area contributed by atoms with Crippen LogP contribution >= 0.6 is 0 Å². The minimum atomic E-state index is -0.964. The van der Waals surface area contributed by atoms with Gasteiger partial charge in [-0.3, -0.25) is 10.1 Å². The number of carbonyl (C=O) groups excluding carboxylic acids is 2. The number of rotatable bonds is 11. The highest BCUT2D eigenvalue weighted by atomic mass is 16.5. The van der Waals surface area contributed by atoms with E-state index in [0.717, 1.165) is 0 Å². The van der Waals surface area contributed by atoms with Gasteiger partial charge in [0.25, 0.3) is 0 Å². The molecule has 1 unspecified atom stereocenters. The number of nitrogens with zero attached hydrogens (tertiary/aromatic N) is 2. The van der Waals surface area contributed by atoms with Crippen LogP contribution in [0.2, 0.25) is 0 Å². The van der Waals surface area contributed by atoms with E-state index in [1.165, 1.54) is 12.2 Å². The lowest BCUT2D eigenvalue weighted by Gasteiger charge is -2.23. The summed E-state index contributed by atoms with van der Waals surface area (Å²) in [6, 6.07) is 0. The molecule has 0 rings (SSSR count). The predicted molar refractivity (Wildman–Crippen MR) is 64.9 cm³/mol. The number of isocyanates is 2. The standard InChI is InChI=1S/C11H17N3O5/c1-11(10(17)18,2-4-12-6-15)3-5-13-8-19-9-14-7-16/h13H,2-5,8-9H2,1H3,(H,17,18). The molecule has 8 heteroatoms. The van der Waals surface area contributed by atoms with Gasteiger partial charge in [-0.05, 0) is 26.3 Å². The summed E-state index contributed by atoms with van der Waals surface area (Å²) in [5, 5.41) is 12.0. The molecule has 0 aromatic rings. The van der Waals surface area contributed by atoms with Crippen molar-refractivity contribution in [1.29, 1.82) is 0 Å². The van der Waals surface area contributed by atoms with E-state index in [2.05, 4.69) is 15.3 Å². The summed E-state index contributed by atoms with van der Waals surface area (Å²) >= 11 is 0. The minimum absolute atomic E-state index is 0.0826. The molecule has 0 bridgehead atoms. The Morgan fingerprint density at radius 2 is 2.00 bits per heavy atom. The van der Waals surface area contributed by atoms with Gasteiger partial charge in [0.05, 0.1) is 18.7 Å². The molecule has 0 radical (unpaired) electrons. The number of hydrogen-bond donors (Lipinski definition) is 2. The average molecular weight is 271 g/mol. The molecule has 0 aromatic heterocycles. The largest absolute Gasteiger partial charge is 0.481 e. The Morgan fingerprint density at radius 3 is 2.58 bits per heavy atom. The van der Waals surface area contributed by atoms with Crippen molar-refractivity contribution in [2.75, 3.05) is 26.6 Å². The van der Waals surface area contributed by atoms with Crippen LogP contribution < -0.4 is 5.32 Å². The lowest BCUT2D eigenvalue weighted by atomic mass is 9.83. The number of nitrogens with one attached hydrogen (secondary N) is 1. The predicted octanol–water partition coefficient (Wildman–Crippen LogP) is 0.0503. The van der Waals surface area contributed by atoms with Crippen molar-refractivity contribution in [3.8, 4) is 0 Å². The highest BCUT2D eigenvalue weighted by Crippen LogP contribution is 2.25. The molecular weight excluding hydrogens is 254 g/mol. The molecule has 0 spiro atoms. The normalized spacial score (nSPS) is 12.9. The molecule has 2 N–H and O–H groups in total. The Morgan fingerprint density at radius 1 is 1.32 bits per heavy atom. The first-order chi connectivity index (χ1) is 9.06. The number of carboxylic acids is 1. The number of aliphatic imine (C=N–C) groups is 2. The van der Waals surface area contributed by atoms with E-state index in [4.69, 9.17) is 9.84 Å². The molecule has 0 heterocycles. The molecule has 0 aliphatic heterocycles. The zero-order chi connectivity index (χ0) is 14.6. The van der Waals surface area contributed by atoms with Crippen LogP contribution in [0.4, 0.5) is 0 Å². The summed E-state index contributed by atoms with van der Waals surface area (Å²) < 4.78 is 4.89. The highest BCUT2D eigenvalue weighted by Gasteiger charge is 2.31. The van der Waals surface area contributed by atoms with Gasteiger partial charge in [-0.2, -0.15) is 4.99 Å². The molecule has 0 aromatic carbocycles. The van der Waals surface area contributed by atoms with E-state index in [1.54, 1.807) is 6.92 Å². The van der Waals surface area contributed by atoms with E-state index >= 15 is 0 Å². The second-order valence-electron chi connectivity index (χ2n) is 4.07. The van der Waals surface area contributed by atoms with Gasteiger partial charge in [0.15, 0.2) is 6.73 Å². The summed E-state index contributed by atoms with van der Waals surface area (Å²) in [6.07, 6.45) is 3.33. The number of hydrogen-bond acceptors (Lipinski definition) is 7. The molecule has 1 atom stereocenters. The Bertz CT molecular complexity index is 375. The third-order valence-electron chi connectivity index (χ3n) is 2.63. The first-order valence-corrected chi connectivity index (χ1v) is 5.66. The van der Waals surface area contributed by atoms with E-state index in [-0.39, 0.29) is 26.4 Å². The number of ether oxygens (including phenoxy) is 1. The van der Waals surface area contributed by atoms with Gasteiger partial charge in [0.1, 0.15) is 0 Å². The Labute approximate surface area is 110 Å². The van der Waals surface area contributed by atoms with E-state index in [9.17, 15) is 14.4 Å². The third-order valence-corrected chi connectivity index (χ3v) is 2.63. The summed E-state index contributed by atoms with van der Waals surface area (Å²) in [7, 11) is 0. The zero-order valence-corrected chi connectivity index (χ0v) is 10.7. The molecular formula is C11H17N3O5. The van der Waals surface area contributed by atoms with Gasteiger partial charge in [-0.1, -0.05) is 0 Å². The lowest BCUT2D eigenvalue weighted by Crippen LogP contribution is -2.33. The van der Waals surface area contributed by atoms with Crippen molar-refractivity contribution in [2.45, 2.75) is 19.8 Å². The third kappa shape index (κ3) is 7.96. The smallest absolute Gasteiger partial charge is 0.309 e. The van der Waals surface area contributed by atoms with Gasteiger partial charge >= 0.3 is 5.97 Å². The molecule has 0 aliphatic carbocycles. The molecule has 8 nitrogen and oxygen atoms in total. The van der Waals surface area contributed by atoms with Crippen LogP contribution in [0.5, 0.6) is 0 Å². The SMILES string of the molecule is CC(CCN=C=O)(CCNCOCN=C=O)C(=O)O. The molecule has 106 valence electrons. The topological polar surface area (TPSA) is 117 Å². The van der Waals surface area contributed by atoms with Gasteiger partial charge in [0.2, 0.25) is 12.2 Å². The molecule has 0 saturated carbocycles. The van der Waals surface area contributed by atoms with Crippen LogP contribution in [0.3, 0.4) is 0 Å². The van der Waals surface area contributed by atoms with Gasteiger partial charge in [-0.25, -0.2) is 14.6 Å². The lowest BCUT2D eigenvalue weighted by molar-refractivity contribution is -0.148. The first kappa shape index (κ1) is 17.2. The van der Waals surface area contributed by atoms with Gasteiger partial charge < -0.3 is 9.84 Å². The van der Waals surface area contributed by atoms with E-state index < -0.39 is 11.4 Å². The second kappa shape index (κ2) is 10.1. The van der Waals surface area contributed by atoms with Crippen molar-refractivity contribution < 1.29 is 24.2 Å². The van der Waals surface area contributed by atoms with Gasteiger partial charge in [-0.15, -0.1) is 0 Å². The highest BCUT2D eigenvalue weighted by molar-refractivity contribution is 5.74. The van der Waals surface area contributed by atoms with Crippen LogP contribution in [0.15, 0.2) is 9.98 Å². The summed E-state index contributed by atoms with van der Waals surface area (Å²) in [6.45, 7) is 2.22. The van der Waals surface area contributed by atoms with Crippen molar-refractivity contribution >= 4 is 18.1 Å². The first-order valence-electron chi connectivity index (χ1n) is 5.66. The van der Waals surface area contributed by atoms with Crippen LogP contribution in [-0.2, 0) is 19.1 Å². The zero-order valence-electron chi connectivity index (χ0n) is 10.7. The Balaban J connectivity index is 3.96. The van der Waals surface area contributed by atoms with Crippen molar-refractivity contribution in [3.63, 3.8) is 0 Å². The van der Waals surface area contributed by atoms with Crippen molar-refractivity contribution in [1.82, 2.24) is 5.32 Å².